The second kappa shape index (κ2) is 9.34. The molecule has 1 rings (SSSR count). The van der Waals surface area contributed by atoms with Gasteiger partial charge in [-0.15, -0.1) is 0 Å². The van der Waals surface area contributed by atoms with Crippen LogP contribution in [0.4, 0.5) is 0 Å². The van der Waals surface area contributed by atoms with E-state index in [1.165, 1.54) is 0 Å². The van der Waals surface area contributed by atoms with Crippen molar-refractivity contribution >= 4 is 12.0 Å². The second-order valence-electron chi connectivity index (χ2n) is 1.82. The van der Waals surface area contributed by atoms with Crippen LogP contribution in [0.25, 0.3) is 0 Å². The van der Waals surface area contributed by atoms with Gasteiger partial charge in [-0.2, -0.15) is 4.33 Å². The van der Waals surface area contributed by atoms with E-state index in [4.69, 9.17) is 9.99 Å². The molecule has 13 heavy (non-hydrogen) atoms. The molecular formula is C8H11O4S-. The van der Waals surface area contributed by atoms with Crippen LogP contribution >= 0.6 is 12.0 Å². The molecule has 0 spiro atoms. The molecule has 0 N–H and O–H groups in total. The fourth-order valence-electron chi connectivity index (χ4n) is 0.584. The predicted octanol–water partition coefficient (Wildman–Crippen LogP) is 1.18. The molecule has 0 unspecified atom stereocenters. The van der Waals surface area contributed by atoms with E-state index in [0.717, 1.165) is 17.8 Å². The molecule has 5 heteroatoms. The van der Waals surface area contributed by atoms with Crippen LogP contribution in [0, 0.1) is 0 Å². The first-order valence-corrected chi connectivity index (χ1v) is 4.58. The van der Waals surface area contributed by atoms with Gasteiger partial charge in [0, 0.05) is 18.3 Å². The molecule has 1 aromatic rings. The van der Waals surface area contributed by atoms with E-state index >= 15 is 0 Å². The number of hydrogen-bond acceptors (Lipinski definition) is 5. The minimum absolute atomic E-state index is 0.867. The number of ether oxygens (including phenoxy) is 1. The largest absolute Gasteiger partial charge is 0.691 e. The Hall–Kier alpha value is -0.750. The van der Waals surface area contributed by atoms with Gasteiger partial charge in [-0.3, -0.25) is 5.04 Å². The molecular weight excluding hydrogens is 192 g/mol. The molecule has 0 aromatic heterocycles. The first-order chi connectivity index (χ1) is 6.35. The van der Waals surface area contributed by atoms with E-state index < -0.39 is 0 Å². The van der Waals surface area contributed by atoms with Gasteiger partial charge >= 0.3 is 0 Å². The van der Waals surface area contributed by atoms with Crippen molar-refractivity contribution in [3.05, 3.63) is 30.3 Å². The molecule has 0 saturated heterocycles. The lowest BCUT2D eigenvalue weighted by atomic mass is 10.3. The summed E-state index contributed by atoms with van der Waals surface area (Å²) in [7, 11) is 1.66. The highest BCUT2D eigenvalue weighted by atomic mass is 32.2. The van der Waals surface area contributed by atoms with Crippen LogP contribution < -0.4 is 9.99 Å². The van der Waals surface area contributed by atoms with Crippen LogP contribution in [0.2, 0.25) is 0 Å². The lowest BCUT2D eigenvalue weighted by Crippen LogP contribution is -2.00. The van der Waals surface area contributed by atoms with Crippen molar-refractivity contribution in [3.63, 3.8) is 0 Å². The van der Waals surface area contributed by atoms with Crippen molar-refractivity contribution in [3.8, 4) is 5.75 Å². The lowest BCUT2D eigenvalue weighted by molar-refractivity contribution is -0.777. The summed E-state index contributed by atoms with van der Waals surface area (Å²) in [6.45, 7) is 0. The molecule has 0 amide bonds. The fourth-order valence-corrected chi connectivity index (χ4v) is 0.640. The topological polar surface area (TPSA) is 50.8 Å². The van der Waals surface area contributed by atoms with Gasteiger partial charge in [-0.1, -0.05) is 18.2 Å². The first-order valence-electron chi connectivity index (χ1n) is 3.43. The van der Waals surface area contributed by atoms with E-state index in [2.05, 4.69) is 9.37 Å². The van der Waals surface area contributed by atoms with Crippen LogP contribution in [-0.4, -0.2) is 13.4 Å². The average Bonchev–Trinajstić information content (AvgIpc) is 2.21. The molecule has 1 aromatic carbocycles. The van der Waals surface area contributed by atoms with Crippen LogP contribution in [0.3, 0.4) is 0 Å². The maximum Gasteiger partial charge on any atom is 0.118 e. The third-order valence-corrected chi connectivity index (χ3v) is 1.27. The minimum Gasteiger partial charge on any atom is -0.691 e. The van der Waals surface area contributed by atoms with Crippen LogP contribution in [0.15, 0.2) is 30.3 Å². The number of hydrogen-bond donors (Lipinski definition) is 0. The Morgan fingerprint density at radius 2 is 1.85 bits per heavy atom. The summed E-state index contributed by atoms with van der Waals surface area (Å²) in [5.74, 6) is 0.910. The lowest BCUT2D eigenvalue weighted by Gasteiger charge is -1.96. The Morgan fingerprint density at radius 3 is 2.08 bits per heavy atom. The van der Waals surface area contributed by atoms with Gasteiger partial charge in [0.2, 0.25) is 0 Å². The maximum atomic E-state index is 8.79. The maximum absolute atomic E-state index is 8.79. The van der Waals surface area contributed by atoms with Crippen molar-refractivity contribution in [1.29, 1.82) is 0 Å². The van der Waals surface area contributed by atoms with Crippen LogP contribution in [0.5, 0.6) is 5.75 Å². The monoisotopic (exact) mass is 203 g/mol. The summed E-state index contributed by atoms with van der Waals surface area (Å²) in [6, 6.07) is 9.68. The number of methoxy groups -OCH3 is 1. The summed E-state index contributed by atoms with van der Waals surface area (Å²) < 4.78 is 8.61. The fraction of sp³-hybridized carbons (Fsp3) is 0.250. The first kappa shape index (κ1) is 12.2. The molecule has 0 heterocycles. The Balaban J connectivity index is 0.000000252. The highest BCUT2D eigenvalue weighted by molar-refractivity contribution is 7.93. The highest BCUT2D eigenvalue weighted by Gasteiger charge is 1.80. The molecule has 0 fully saturated rings. The zero-order valence-electron chi connectivity index (χ0n) is 7.43. The third kappa shape index (κ3) is 7.61. The molecule has 0 radical (unpaired) electrons. The minimum atomic E-state index is 0.867. The molecule has 74 valence electrons. The molecule has 0 aliphatic heterocycles. The van der Waals surface area contributed by atoms with E-state index in [1.54, 1.807) is 13.4 Å². The van der Waals surface area contributed by atoms with Gasteiger partial charge in [0.25, 0.3) is 0 Å². The van der Waals surface area contributed by atoms with Gasteiger partial charge in [0.15, 0.2) is 0 Å². The summed E-state index contributed by atoms with van der Waals surface area (Å²) in [6.07, 6.45) is 1.58. The number of benzene rings is 1. The number of rotatable bonds is 3. The predicted molar refractivity (Wildman–Crippen MR) is 48.7 cm³/mol. The standard InChI is InChI=1S/C7H8O.CH4O3S/c1-8-7-5-3-2-4-6-7;1-5-4-3-2/h2-6H,1H3;2H,1H3/p-1. The zero-order valence-corrected chi connectivity index (χ0v) is 8.24. The Kier molecular flexibility index (Phi) is 8.80. The van der Waals surface area contributed by atoms with E-state index in [-0.39, 0.29) is 0 Å². The molecule has 4 nitrogen and oxygen atoms in total. The summed E-state index contributed by atoms with van der Waals surface area (Å²) in [5.41, 5.74) is 0. The van der Waals surface area contributed by atoms with Crippen molar-refractivity contribution in [2.75, 3.05) is 13.4 Å². The smallest absolute Gasteiger partial charge is 0.118 e. The van der Waals surface area contributed by atoms with Crippen molar-refractivity contribution < 1.29 is 19.4 Å². The molecule has 0 saturated carbocycles. The quantitative estimate of drug-likeness (QED) is 0.419. The normalized spacial score (nSPS) is 8.54. The molecule has 0 atom stereocenters. The zero-order chi connectivity index (χ0) is 9.94. The molecule has 0 aliphatic rings. The Labute approximate surface area is 81.5 Å². The molecule has 0 bridgehead atoms. The number of para-hydroxylation sites is 1. The second-order valence-corrected chi connectivity index (χ2v) is 2.29. The van der Waals surface area contributed by atoms with E-state index in [9.17, 15) is 0 Å². The highest BCUT2D eigenvalue weighted by Crippen LogP contribution is 2.05. The van der Waals surface area contributed by atoms with Gasteiger partial charge in [-0.25, -0.2) is 0 Å². The van der Waals surface area contributed by atoms with Gasteiger partial charge in [-0.05, 0) is 12.1 Å². The Bertz CT molecular complexity index is 191. The van der Waals surface area contributed by atoms with Crippen molar-refractivity contribution in [1.82, 2.24) is 0 Å². The van der Waals surface area contributed by atoms with Crippen molar-refractivity contribution in [2.45, 2.75) is 0 Å². The van der Waals surface area contributed by atoms with E-state index in [1.807, 2.05) is 30.3 Å². The Morgan fingerprint density at radius 1 is 1.23 bits per heavy atom. The third-order valence-electron chi connectivity index (χ3n) is 1.07. The van der Waals surface area contributed by atoms with Gasteiger partial charge < -0.3 is 9.99 Å². The summed E-state index contributed by atoms with van der Waals surface area (Å²) >= 11 is 0.867. The summed E-state index contributed by atoms with van der Waals surface area (Å²) in [5, 5.41) is 11.7. The van der Waals surface area contributed by atoms with E-state index in [0.29, 0.717) is 0 Å². The van der Waals surface area contributed by atoms with Gasteiger partial charge in [0.05, 0.1) is 7.11 Å². The van der Waals surface area contributed by atoms with Gasteiger partial charge in [0.1, 0.15) is 5.75 Å². The van der Waals surface area contributed by atoms with Crippen molar-refractivity contribution in [2.24, 2.45) is 0 Å². The SMILES string of the molecule is COc1ccccc1.CSOO[O-]. The average molecular weight is 203 g/mol. The van der Waals surface area contributed by atoms with Crippen LogP contribution in [0.1, 0.15) is 0 Å². The summed E-state index contributed by atoms with van der Waals surface area (Å²) in [4.78, 5) is 0. The van der Waals surface area contributed by atoms with Crippen LogP contribution in [-0.2, 0) is 9.37 Å². The molecule has 0 aliphatic carbocycles.